The Morgan fingerprint density at radius 2 is 2.17 bits per heavy atom. The molecule has 0 aromatic heterocycles. The van der Waals surface area contributed by atoms with E-state index in [9.17, 15) is 4.39 Å². The molecule has 18 heavy (non-hydrogen) atoms. The summed E-state index contributed by atoms with van der Waals surface area (Å²) in [5.74, 6) is 0.415. The van der Waals surface area contributed by atoms with Gasteiger partial charge < -0.3 is 5.73 Å². The number of rotatable bonds is 5. The van der Waals surface area contributed by atoms with Crippen LogP contribution in [0.5, 0.6) is 0 Å². The monoisotopic (exact) mass is 270 g/mol. The van der Waals surface area contributed by atoms with E-state index in [1.165, 1.54) is 25.0 Å². The van der Waals surface area contributed by atoms with E-state index in [-0.39, 0.29) is 11.9 Å². The predicted octanol–water partition coefficient (Wildman–Crippen LogP) is 3.21. The Morgan fingerprint density at radius 1 is 1.50 bits per heavy atom. The third-order valence-electron chi connectivity index (χ3n) is 3.95. The summed E-state index contributed by atoms with van der Waals surface area (Å²) < 4.78 is 13.1. The molecular weight excluding hydrogens is 251 g/mol. The van der Waals surface area contributed by atoms with Crippen LogP contribution in [0.2, 0.25) is 5.02 Å². The van der Waals surface area contributed by atoms with Crippen LogP contribution >= 0.6 is 11.6 Å². The van der Waals surface area contributed by atoms with Crippen LogP contribution in [0.25, 0.3) is 0 Å². The topological polar surface area (TPSA) is 29.3 Å². The third kappa shape index (κ3) is 2.85. The summed E-state index contributed by atoms with van der Waals surface area (Å²) in [4.78, 5) is 2.26. The fourth-order valence-electron chi connectivity index (χ4n) is 2.52. The molecule has 1 aliphatic carbocycles. The molecule has 1 aliphatic rings. The Bertz CT molecular complexity index is 420. The van der Waals surface area contributed by atoms with Gasteiger partial charge in [0, 0.05) is 23.7 Å². The van der Waals surface area contributed by atoms with E-state index in [1.54, 1.807) is 6.07 Å². The van der Waals surface area contributed by atoms with Gasteiger partial charge in [0.15, 0.2) is 0 Å². The molecular formula is C14H20ClFN2. The van der Waals surface area contributed by atoms with Crippen molar-refractivity contribution in [2.24, 2.45) is 11.7 Å². The van der Waals surface area contributed by atoms with E-state index < -0.39 is 0 Å². The lowest BCUT2D eigenvalue weighted by atomic mass is 10.0. The van der Waals surface area contributed by atoms with E-state index in [0.717, 1.165) is 5.56 Å². The van der Waals surface area contributed by atoms with Gasteiger partial charge in [0.2, 0.25) is 0 Å². The minimum absolute atomic E-state index is 0.146. The summed E-state index contributed by atoms with van der Waals surface area (Å²) >= 11 is 6.11. The van der Waals surface area contributed by atoms with E-state index >= 15 is 0 Å². The predicted molar refractivity (Wildman–Crippen MR) is 73.2 cm³/mol. The van der Waals surface area contributed by atoms with Crippen LogP contribution in [-0.2, 0) is 0 Å². The molecule has 1 saturated carbocycles. The smallest absolute Gasteiger partial charge is 0.124 e. The highest BCUT2D eigenvalue weighted by Crippen LogP contribution is 2.38. The van der Waals surface area contributed by atoms with Crippen LogP contribution < -0.4 is 5.73 Å². The zero-order chi connectivity index (χ0) is 13.3. The second-order valence-corrected chi connectivity index (χ2v) is 5.55. The molecule has 4 heteroatoms. The van der Waals surface area contributed by atoms with Crippen LogP contribution in [-0.4, -0.2) is 24.5 Å². The summed E-state index contributed by atoms with van der Waals surface area (Å²) in [5, 5.41) is 0.487. The molecule has 2 rings (SSSR count). The van der Waals surface area contributed by atoms with Gasteiger partial charge in [-0.15, -0.1) is 0 Å². The second-order valence-electron chi connectivity index (χ2n) is 5.15. The average Bonchev–Trinajstić information content (AvgIpc) is 3.13. The van der Waals surface area contributed by atoms with Gasteiger partial charge in [0.05, 0.1) is 0 Å². The van der Waals surface area contributed by atoms with Gasteiger partial charge in [0.1, 0.15) is 5.82 Å². The second kappa shape index (κ2) is 5.55. The highest BCUT2D eigenvalue weighted by Gasteiger charge is 2.35. The van der Waals surface area contributed by atoms with Crippen molar-refractivity contribution in [2.45, 2.75) is 31.8 Å². The molecule has 0 aliphatic heterocycles. The zero-order valence-corrected chi connectivity index (χ0v) is 11.6. The highest BCUT2D eigenvalue weighted by atomic mass is 35.5. The lowest BCUT2D eigenvalue weighted by Gasteiger charge is -2.33. The first kappa shape index (κ1) is 13.8. The lowest BCUT2D eigenvalue weighted by Crippen LogP contribution is -2.41. The summed E-state index contributed by atoms with van der Waals surface area (Å²) in [7, 11) is 2.07. The van der Waals surface area contributed by atoms with Gasteiger partial charge in [-0.05, 0) is 50.4 Å². The van der Waals surface area contributed by atoms with E-state index in [0.29, 0.717) is 23.5 Å². The molecule has 1 fully saturated rings. The zero-order valence-electron chi connectivity index (χ0n) is 10.9. The molecule has 2 atom stereocenters. The summed E-state index contributed by atoms with van der Waals surface area (Å²) in [6, 6.07) is 5.13. The highest BCUT2D eigenvalue weighted by molar-refractivity contribution is 6.31. The van der Waals surface area contributed by atoms with Crippen molar-refractivity contribution in [1.82, 2.24) is 4.90 Å². The SMILES string of the molecule is CC(c1ccc(F)cc1Cl)N(C)C(CN)C1CC1. The number of hydrogen-bond acceptors (Lipinski definition) is 2. The van der Waals surface area contributed by atoms with Crippen LogP contribution in [0, 0.1) is 11.7 Å². The fourth-order valence-corrected chi connectivity index (χ4v) is 2.84. The van der Waals surface area contributed by atoms with E-state index in [4.69, 9.17) is 17.3 Å². The molecule has 0 bridgehead atoms. The first-order valence-corrected chi connectivity index (χ1v) is 6.79. The third-order valence-corrected chi connectivity index (χ3v) is 4.28. The standard InChI is InChI=1S/C14H20ClFN2/c1-9(12-6-5-11(16)7-13(12)15)18(2)14(8-17)10-3-4-10/h5-7,9-10,14H,3-4,8,17H2,1-2H3. The Labute approximate surface area is 113 Å². The molecule has 1 aromatic rings. The minimum atomic E-state index is -0.295. The molecule has 0 heterocycles. The quantitative estimate of drug-likeness (QED) is 0.890. The summed E-state index contributed by atoms with van der Waals surface area (Å²) in [6.45, 7) is 2.74. The number of likely N-dealkylation sites (N-methyl/N-ethyl adjacent to an activating group) is 1. The Balaban J connectivity index is 2.16. The molecule has 0 saturated heterocycles. The molecule has 2 unspecified atom stereocenters. The van der Waals surface area contributed by atoms with Gasteiger partial charge in [-0.3, -0.25) is 4.90 Å². The van der Waals surface area contributed by atoms with Gasteiger partial charge in [-0.2, -0.15) is 0 Å². The van der Waals surface area contributed by atoms with Crippen molar-refractivity contribution in [3.05, 3.63) is 34.6 Å². The summed E-state index contributed by atoms with van der Waals surface area (Å²) in [6.07, 6.45) is 2.52. The molecule has 2 nitrogen and oxygen atoms in total. The Morgan fingerprint density at radius 3 is 2.67 bits per heavy atom. The first-order valence-electron chi connectivity index (χ1n) is 6.41. The molecule has 0 spiro atoms. The molecule has 1 aromatic carbocycles. The Kier molecular flexibility index (Phi) is 4.25. The minimum Gasteiger partial charge on any atom is -0.329 e. The maximum atomic E-state index is 13.1. The van der Waals surface area contributed by atoms with Crippen molar-refractivity contribution >= 4 is 11.6 Å². The molecule has 0 amide bonds. The normalized spacial score (nSPS) is 19.0. The van der Waals surface area contributed by atoms with Crippen molar-refractivity contribution in [3.8, 4) is 0 Å². The van der Waals surface area contributed by atoms with Gasteiger partial charge in [0.25, 0.3) is 0 Å². The van der Waals surface area contributed by atoms with Crippen molar-refractivity contribution in [1.29, 1.82) is 0 Å². The first-order chi connectivity index (χ1) is 8.54. The number of benzene rings is 1. The maximum absolute atomic E-state index is 13.1. The average molecular weight is 271 g/mol. The van der Waals surface area contributed by atoms with Crippen LogP contribution in [0.15, 0.2) is 18.2 Å². The fraction of sp³-hybridized carbons (Fsp3) is 0.571. The molecule has 0 radical (unpaired) electrons. The van der Waals surface area contributed by atoms with Crippen molar-refractivity contribution in [2.75, 3.05) is 13.6 Å². The van der Waals surface area contributed by atoms with E-state index in [2.05, 4.69) is 18.9 Å². The number of nitrogens with two attached hydrogens (primary N) is 1. The number of nitrogens with zero attached hydrogens (tertiary/aromatic N) is 1. The number of halogens is 2. The van der Waals surface area contributed by atoms with Crippen LogP contribution in [0.4, 0.5) is 4.39 Å². The van der Waals surface area contributed by atoms with Gasteiger partial charge in [-0.1, -0.05) is 17.7 Å². The van der Waals surface area contributed by atoms with Crippen LogP contribution in [0.1, 0.15) is 31.4 Å². The molecule has 2 N–H and O–H groups in total. The van der Waals surface area contributed by atoms with Crippen molar-refractivity contribution < 1.29 is 4.39 Å². The van der Waals surface area contributed by atoms with Crippen LogP contribution in [0.3, 0.4) is 0 Å². The lowest BCUT2D eigenvalue weighted by molar-refractivity contribution is 0.170. The van der Waals surface area contributed by atoms with Gasteiger partial charge in [-0.25, -0.2) is 4.39 Å². The van der Waals surface area contributed by atoms with Crippen molar-refractivity contribution in [3.63, 3.8) is 0 Å². The summed E-state index contributed by atoms with van der Waals surface area (Å²) in [5.41, 5.74) is 6.82. The number of hydrogen-bond donors (Lipinski definition) is 1. The van der Waals surface area contributed by atoms with Gasteiger partial charge >= 0.3 is 0 Å². The molecule has 100 valence electrons. The largest absolute Gasteiger partial charge is 0.329 e. The Hall–Kier alpha value is -0.640. The van der Waals surface area contributed by atoms with E-state index in [1.807, 2.05) is 0 Å². The maximum Gasteiger partial charge on any atom is 0.124 e.